The molecule has 0 aliphatic heterocycles. The lowest BCUT2D eigenvalue weighted by Crippen LogP contribution is -2.41. The first-order valence-corrected chi connectivity index (χ1v) is 10.3. The van der Waals surface area contributed by atoms with Crippen LogP contribution in [0.1, 0.15) is 44.2 Å². The van der Waals surface area contributed by atoms with Gasteiger partial charge in [0.2, 0.25) is 0 Å². The number of aliphatic carboxylic acids is 1. The second kappa shape index (κ2) is 10.2. The molecule has 2 N–H and O–H groups in total. The molecule has 152 valence electrons. The third-order valence-corrected chi connectivity index (χ3v) is 5.62. The van der Waals surface area contributed by atoms with Gasteiger partial charge in [0.25, 0.3) is 0 Å². The van der Waals surface area contributed by atoms with E-state index in [4.69, 9.17) is 4.74 Å². The molecule has 1 atom stereocenters. The van der Waals surface area contributed by atoms with E-state index >= 15 is 0 Å². The molecule has 0 saturated heterocycles. The van der Waals surface area contributed by atoms with Crippen molar-refractivity contribution < 1.29 is 19.7 Å². The highest BCUT2D eigenvalue weighted by Crippen LogP contribution is 2.35. The molecule has 0 bridgehead atoms. The van der Waals surface area contributed by atoms with E-state index in [0.29, 0.717) is 19.4 Å². The SMILES string of the molecule is CC(C)(CO)CCCC(COCc1ccccc1)(C(=O)O)c1cccc(Br)c1. The summed E-state index contributed by atoms with van der Waals surface area (Å²) >= 11 is 3.45. The third kappa shape index (κ3) is 6.16. The van der Waals surface area contributed by atoms with Crippen LogP contribution in [0.2, 0.25) is 0 Å². The quantitative estimate of drug-likeness (QED) is 0.496. The van der Waals surface area contributed by atoms with E-state index in [-0.39, 0.29) is 18.6 Å². The van der Waals surface area contributed by atoms with Gasteiger partial charge >= 0.3 is 5.97 Å². The molecule has 0 saturated carbocycles. The number of aliphatic hydroxyl groups is 1. The Balaban J connectivity index is 2.22. The first-order chi connectivity index (χ1) is 13.3. The molecule has 2 aromatic carbocycles. The van der Waals surface area contributed by atoms with Crippen molar-refractivity contribution in [2.45, 2.75) is 45.1 Å². The smallest absolute Gasteiger partial charge is 0.316 e. The highest BCUT2D eigenvalue weighted by molar-refractivity contribution is 9.10. The Bertz CT molecular complexity index is 760. The maximum absolute atomic E-state index is 12.5. The Hall–Kier alpha value is -1.69. The van der Waals surface area contributed by atoms with Gasteiger partial charge in [-0.1, -0.05) is 78.7 Å². The maximum atomic E-state index is 12.5. The summed E-state index contributed by atoms with van der Waals surface area (Å²) in [7, 11) is 0. The van der Waals surface area contributed by atoms with Crippen molar-refractivity contribution in [1.82, 2.24) is 0 Å². The predicted molar refractivity (Wildman–Crippen MR) is 114 cm³/mol. The monoisotopic (exact) mass is 448 g/mol. The van der Waals surface area contributed by atoms with Crippen molar-refractivity contribution in [3.05, 3.63) is 70.2 Å². The number of carboxylic acids is 1. The molecule has 0 fully saturated rings. The zero-order valence-corrected chi connectivity index (χ0v) is 18.1. The number of benzene rings is 2. The summed E-state index contributed by atoms with van der Waals surface area (Å²) in [6, 6.07) is 17.2. The van der Waals surface area contributed by atoms with Gasteiger partial charge in [0.05, 0.1) is 13.2 Å². The second-order valence-electron chi connectivity index (χ2n) is 8.05. The minimum atomic E-state index is -1.13. The number of rotatable bonds is 11. The highest BCUT2D eigenvalue weighted by Gasteiger charge is 2.41. The fourth-order valence-electron chi connectivity index (χ4n) is 3.24. The molecule has 0 heterocycles. The highest BCUT2D eigenvalue weighted by atomic mass is 79.9. The van der Waals surface area contributed by atoms with Gasteiger partial charge in [0.1, 0.15) is 5.41 Å². The van der Waals surface area contributed by atoms with Crippen LogP contribution in [0.25, 0.3) is 0 Å². The minimum absolute atomic E-state index is 0.0778. The molecular weight excluding hydrogens is 420 g/mol. The van der Waals surface area contributed by atoms with Gasteiger partial charge in [-0.15, -0.1) is 0 Å². The first kappa shape index (κ1) is 22.6. The van der Waals surface area contributed by atoms with Crippen LogP contribution in [-0.4, -0.2) is 29.4 Å². The zero-order valence-electron chi connectivity index (χ0n) is 16.5. The van der Waals surface area contributed by atoms with Crippen molar-refractivity contribution in [1.29, 1.82) is 0 Å². The normalized spacial score (nSPS) is 13.9. The van der Waals surface area contributed by atoms with E-state index in [1.807, 2.05) is 68.4 Å². The largest absolute Gasteiger partial charge is 0.481 e. The summed E-state index contributed by atoms with van der Waals surface area (Å²) in [5.41, 5.74) is 0.373. The number of carboxylic acid groups (broad SMARTS) is 1. The van der Waals surface area contributed by atoms with Crippen molar-refractivity contribution >= 4 is 21.9 Å². The fourth-order valence-corrected chi connectivity index (χ4v) is 3.64. The molecule has 0 spiro atoms. The van der Waals surface area contributed by atoms with Crippen LogP contribution < -0.4 is 0 Å². The average Bonchev–Trinajstić information content (AvgIpc) is 2.67. The molecular formula is C23H29BrO4. The third-order valence-electron chi connectivity index (χ3n) is 5.13. The van der Waals surface area contributed by atoms with E-state index in [2.05, 4.69) is 15.9 Å². The molecule has 2 aromatic rings. The van der Waals surface area contributed by atoms with Crippen molar-refractivity contribution in [3.63, 3.8) is 0 Å². The van der Waals surface area contributed by atoms with Crippen LogP contribution >= 0.6 is 15.9 Å². The Morgan fingerprint density at radius 1 is 1.07 bits per heavy atom. The Morgan fingerprint density at radius 2 is 1.79 bits per heavy atom. The summed E-state index contributed by atoms with van der Waals surface area (Å²) in [4.78, 5) is 12.5. The lowest BCUT2D eigenvalue weighted by atomic mass is 9.75. The van der Waals surface area contributed by atoms with Gasteiger partial charge < -0.3 is 14.9 Å². The topological polar surface area (TPSA) is 66.8 Å². The lowest BCUT2D eigenvalue weighted by Gasteiger charge is -2.31. The molecule has 0 aliphatic carbocycles. The summed E-state index contributed by atoms with van der Waals surface area (Å²) in [5.74, 6) is -0.888. The molecule has 28 heavy (non-hydrogen) atoms. The van der Waals surface area contributed by atoms with Gasteiger partial charge in [0, 0.05) is 11.1 Å². The maximum Gasteiger partial charge on any atom is 0.316 e. The van der Waals surface area contributed by atoms with E-state index < -0.39 is 11.4 Å². The standard InChI is InChI=1S/C23H29BrO4/c1-22(2,16-25)12-7-13-23(21(26)27,19-10-6-11-20(24)14-19)17-28-15-18-8-4-3-5-9-18/h3-6,8-11,14,25H,7,12-13,15-17H2,1-2H3,(H,26,27). The van der Waals surface area contributed by atoms with Gasteiger partial charge in [0.15, 0.2) is 0 Å². The molecule has 5 heteroatoms. The van der Waals surface area contributed by atoms with E-state index in [0.717, 1.165) is 22.0 Å². The number of ether oxygens (including phenoxy) is 1. The van der Waals surface area contributed by atoms with Crippen molar-refractivity contribution in [2.24, 2.45) is 5.41 Å². The van der Waals surface area contributed by atoms with Crippen LogP contribution in [-0.2, 0) is 21.6 Å². The van der Waals surface area contributed by atoms with Crippen LogP contribution in [0, 0.1) is 5.41 Å². The van der Waals surface area contributed by atoms with Gasteiger partial charge in [-0.25, -0.2) is 0 Å². The van der Waals surface area contributed by atoms with E-state index in [1.54, 1.807) is 0 Å². The lowest BCUT2D eigenvalue weighted by molar-refractivity contribution is -0.147. The number of halogens is 1. The average molecular weight is 449 g/mol. The number of aliphatic hydroxyl groups excluding tert-OH is 1. The van der Waals surface area contributed by atoms with Crippen molar-refractivity contribution in [2.75, 3.05) is 13.2 Å². The number of hydrogen-bond donors (Lipinski definition) is 2. The van der Waals surface area contributed by atoms with Gasteiger partial charge in [-0.2, -0.15) is 0 Å². The van der Waals surface area contributed by atoms with Crippen molar-refractivity contribution in [3.8, 4) is 0 Å². The summed E-state index contributed by atoms with van der Waals surface area (Å²) in [5, 5.41) is 19.7. The zero-order chi connectivity index (χ0) is 20.6. The molecule has 2 rings (SSSR count). The summed E-state index contributed by atoms with van der Waals surface area (Å²) < 4.78 is 6.75. The second-order valence-corrected chi connectivity index (χ2v) is 8.97. The molecule has 0 amide bonds. The molecule has 1 unspecified atom stereocenters. The van der Waals surface area contributed by atoms with E-state index in [9.17, 15) is 15.0 Å². The molecule has 0 aromatic heterocycles. The summed E-state index contributed by atoms with van der Waals surface area (Å²) in [6.07, 6.45) is 1.86. The Labute approximate surface area is 175 Å². The van der Waals surface area contributed by atoms with Crippen LogP contribution in [0.3, 0.4) is 0 Å². The molecule has 0 radical (unpaired) electrons. The molecule has 4 nitrogen and oxygen atoms in total. The fraction of sp³-hybridized carbons (Fsp3) is 0.435. The number of carbonyl (C=O) groups is 1. The van der Waals surface area contributed by atoms with Crippen LogP contribution in [0.15, 0.2) is 59.1 Å². The van der Waals surface area contributed by atoms with Gasteiger partial charge in [-0.3, -0.25) is 4.79 Å². The predicted octanol–water partition coefficient (Wildman–Crippen LogP) is 5.18. The van der Waals surface area contributed by atoms with E-state index in [1.165, 1.54) is 0 Å². The first-order valence-electron chi connectivity index (χ1n) is 9.51. The van der Waals surface area contributed by atoms with Crippen LogP contribution in [0.5, 0.6) is 0 Å². The number of hydrogen-bond acceptors (Lipinski definition) is 3. The van der Waals surface area contributed by atoms with Crippen LogP contribution in [0.4, 0.5) is 0 Å². The van der Waals surface area contributed by atoms with Gasteiger partial charge in [-0.05, 0) is 41.5 Å². The Kier molecular flexibility index (Phi) is 8.23. The minimum Gasteiger partial charge on any atom is -0.481 e. The molecule has 0 aliphatic rings. The summed E-state index contributed by atoms with van der Waals surface area (Å²) in [6.45, 7) is 4.51. The Morgan fingerprint density at radius 3 is 2.39 bits per heavy atom.